The van der Waals surface area contributed by atoms with E-state index in [1.165, 1.54) is 51.7 Å². The van der Waals surface area contributed by atoms with E-state index in [4.69, 9.17) is 4.74 Å². The molecule has 3 aromatic rings. The number of benzene rings is 3. The first-order chi connectivity index (χ1) is 31.6. The molecule has 0 bridgehead atoms. The van der Waals surface area contributed by atoms with Crippen molar-refractivity contribution in [1.29, 1.82) is 0 Å². The fraction of sp³-hybridized carbons (Fsp3) is 0.480. The third-order valence-corrected chi connectivity index (χ3v) is 11.9. The average molecular weight is 926 g/mol. The summed E-state index contributed by atoms with van der Waals surface area (Å²) in [4.78, 5) is 110. The molecule has 0 saturated heterocycles. The Hall–Kier alpha value is -6.78. The molecule has 0 fully saturated rings. The zero-order chi connectivity index (χ0) is 49.7. The summed E-state index contributed by atoms with van der Waals surface area (Å²) in [6.45, 7) is 11.3. The van der Waals surface area contributed by atoms with Gasteiger partial charge in [-0.25, -0.2) is 4.79 Å². The van der Waals surface area contributed by atoms with Crippen LogP contribution in [0.2, 0.25) is 0 Å². The SMILES string of the molecule is CC(C)C[C@H](NC(=O)[C@H](C)N(C)C(=O)OCC1c2ccccc2-c2ccccc21)C(=O)N(C)CC(=O)N[C@@H](C)C(=O)N[C@@H](CC(C)C)C(=O)N(C)[C@@H](Cc1ccccc1)C(=O)N[C@@H](C)C(=O)O. The molecule has 0 unspecified atom stereocenters. The molecule has 3 aromatic carbocycles. The molecule has 0 saturated carbocycles. The largest absolute Gasteiger partial charge is 0.480 e. The lowest BCUT2D eigenvalue weighted by Gasteiger charge is -2.32. The maximum Gasteiger partial charge on any atom is 0.410 e. The number of carboxylic acid groups (broad SMARTS) is 1. The number of amides is 7. The van der Waals surface area contributed by atoms with Gasteiger partial charge in [0.15, 0.2) is 0 Å². The minimum absolute atomic E-state index is 0.0489. The number of aliphatic carboxylic acids is 1. The van der Waals surface area contributed by atoms with Crippen molar-refractivity contribution in [1.82, 2.24) is 36.0 Å². The van der Waals surface area contributed by atoms with Crippen molar-refractivity contribution in [2.75, 3.05) is 34.3 Å². The van der Waals surface area contributed by atoms with Crippen LogP contribution in [0.5, 0.6) is 0 Å². The van der Waals surface area contributed by atoms with Gasteiger partial charge in [0, 0.05) is 33.5 Å². The maximum atomic E-state index is 14.0. The number of rotatable bonds is 22. The summed E-state index contributed by atoms with van der Waals surface area (Å²) >= 11 is 0. The van der Waals surface area contributed by atoms with Crippen LogP contribution in [-0.2, 0) is 44.7 Å². The van der Waals surface area contributed by atoms with Gasteiger partial charge in [-0.2, -0.15) is 0 Å². The topological polar surface area (TPSA) is 224 Å². The maximum absolute atomic E-state index is 14.0. The molecular weight excluding hydrogens is 859 g/mol. The van der Waals surface area contributed by atoms with Crippen molar-refractivity contribution in [2.45, 2.75) is 110 Å². The molecule has 67 heavy (non-hydrogen) atoms. The van der Waals surface area contributed by atoms with Crippen molar-refractivity contribution in [3.63, 3.8) is 0 Å². The van der Waals surface area contributed by atoms with E-state index in [0.717, 1.165) is 32.7 Å². The number of carbonyl (C=O) groups is 8. The van der Waals surface area contributed by atoms with Gasteiger partial charge in [-0.15, -0.1) is 0 Å². The molecule has 362 valence electrons. The lowest BCUT2D eigenvalue weighted by atomic mass is 9.98. The first-order valence-corrected chi connectivity index (χ1v) is 22.7. The highest BCUT2D eigenvalue weighted by atomic mass is 16.6. The molecule has 1 aliphatic rings. The van der Waals surface area contributed by atoms with Crippen molar-refractivity contribution in [3.8, 4) is 11.1 Å². The lowest BCUT2D eigenvalue weighted by Crippen LogP contribution is -2.58. The van der Waals surface area contributed by atoms with Gasteiger partial charge >= 0.3 is 12.1 Å². The zero-order valence-corrected chi connectivity index (χ0v) is 40.2. The Morgan fingerprint density at radius 2 is 1.10 bits per heavy atom. The van der Waals surface area contributed by atoms with E-state index in [1.54, 1.807) is 30.3 Å². The van der Waals surface area contributed by atoms with Gasteiger partial charge in [-0.1, -0.05) is 107 Å². The molecular formula is C50H67N7O10. The highest BCUT2D eigenvalue weighted by Gasteiger charge is 2.36. The molecule has 17 heteroatoms. The van der Waals surface area contributed by atoms with Crippen LogP contribution in [0, 0.1) is 11.8 Å². The van der Waals surface area contributed by atoms with Crippen molar-refractivity contribution in [3.05, 3.63) is 95.6 Å². The fourth-order valence-electron chi connectivity index (χ4n) is 7.93. The van der Waals surface area contributed by atoms with E-state index < -0.39 is 90.3 Å². The Morgan fingerprint density at radius 1 is 0.597 bits per heavy atom. The van der Waals surface area contributed by atoms with Crippen molar-refractivity contribution < 1.29 is 48.2 Å². The van der Waals surface area contributed by atoms with Crippen LogP contribution in [-0.4, -0.2) is 138 Å². The molecule has 6 atom stereocenters. The summed E-state index contributed by atoms with van der Waals surface area (Å²) in [7, 11) is 4.25. The Bertz CT molecular complexity index is 2210. The average Bonchev–Trinajstić information content (AvgIpc) is 3.61. The van der Waals surface area contributed by atoms with Crippen LogP contribution in [0.3, 0.4) is 0 Å². The van der Waals surface area contributed by atoms with E-state index in [2.05, 4.69) is 21.3 Å². The van der Waals surface area contributed by atoms with Crippen molar-refractivity contribution >= 4 is 47.5 Å². The summed E-state index contributed by atoms with van der Waals surface area (Å²) in [5.41, 5.74) is 4.98. The van der Waals surface area contributed by atoms with Crippen LogP contribution >= 0.6 is 0 Å². The second-order valence-corrected chi connectivity index (χ2v) is 18.2. The van der Waals surface area contributed by atoms with Gasteiger partial charge in [-0.05, 0) is 73.3 Å². The molecule has 0 aliphatic heterocycles. The summed E-state index contributed by atoms with van der Waals surface area (Å²) in [5, 5.41) is 19.9. The number of nitrogens with one attached hydrogen (secondary N) is 4. The first kappa shape index (κ1) is 52.8. The standard InChI is InChI=1S/C50H67N7O10/c1-29(2)24-40(54-45(60)33(7)56(9)50(66)67-28-39-37-22-16-14-20-35(37)36-21-15-17-23-38(36)39)47(62)55(8)27-43(58)51-31(5)44(59)53-41(25-30(3)4)48(63)57(10)42(26-34-18-12-11-13-19-34)46(61)52-32(6)49(64)65/h11-23,29-33,39-42H,24-28H2,1-10H3,(H,51,58)(H,52,61)(H,53,59)(H,54,60)(H,64,65)/t31-,32-,33-,40-,41-,42-/m0/s1. The van der Waals surface area contributed by atoms with E-state index in [1.807, 2.05) is 76.2 Å². The third-order valence-electron chi connectivity index (χ3n) is 11.9. The highest BCUT2D eigenvalue weighted by molar-refractivity contribution is 5.96. The number of carboxylic acids is 1. The molecule has 1 aliphatic carbocycles. The van der Waals surface area contributed by atoms with Gasteiger partial charge in [0.05, 0.1) is 6.54 Å². The van der Waals surface area contributed by atoms with Crippen LogP contribution in [0.1, 0.15) is 83.9 Å². The van der Waals surface area contributed by atoms with Crippen LogP contribution < -0.4 is 21.3 Å². The predicted molar refractivity (Wildman–Crippen MR) is 252 cm³/mol. The number of fused-ring (bicyclic) bond motifs is 3. The molecule has 0 aromatic heterocycles. The molecule has 5 N–H and O–H groups in total. The second kappa shape index (κ2) is 24.1. The van der Waals surface area contributed by atoms with Crippen molar-refractivity contribution in [2.24, 2.45) is 11.8 Å². The molecule has 0 heterocycles. The van der Waals surface area contributed by atoms with E-state index >= 15 is 0 Å². The van der Waals surface area contributed by atoms with Gasteiger partial charge < -0.3 is 40.9 Å². The van der Waals surface area contributed by atoms with Gasteiger partial charge in [0.2, 0.25) is 35.4 Å². The highest BCUT2D eigenvalue weighted by Crippen LogP contribution is 2.44. The summed E-state index contributed by atoms with van der Waals surface area (Å²) < 4.78 is 5.74. The molecule has 7 amide bonds. The Balaban J connectivity index is 1.35. The van der Waals surface area contributed by atoms with Crippen LogP contribution in [0.25, 0.3) is 11.1 Å². The minimum Gasteiger partial charge on any atom is -0.480 e. The number of likely N-dealkylation sites (N-methyl/N-ethyl adjacent to an activating group) is 3. The zero-order valence-electron chi connectivity index (χ0n) is 40.2. The number of carbonyl (C=O) groups excluding carboxylic acids is 7. The van der Waals surface area contributed by atoms with Crippen LogP contribution in [0.4, 0.5) is 4.79 Å². The van der Waals surface area contributed by atoms with E-state index in [9.17, 15) is 43.5 Å². The monoisotopic (exact) mass is 925 g/mol. The van der Waals surface area contributed by atoms with Gasteiger partial charge in [0.1, 0.15) is 42.9 Å². The Labute approximate surface area is 393 Å². The molecule has 4 rings (SSSR count). The number of nitrogens with zero attached hydrogens (tertiary/aromatic N) is 3. The quantitative estimate of drug-likeness (QED) is 0.0977. The minimum atomic E-state index is -1.25. The normalized spacial score (nSPS) is 14.5. The summed E-state index contributed by atoms with van der Waals surface area (Å²) in [6.07, 6.45) is -0.233. The van der Waals surface area contributed by atoms with Crippen LogP contribution in [0.15, 0.2) is 78.9 Å². The second-order valence-electron chi connectivity index (χ2n) is 18.2. The lowest BCUT2D eigenvalue weighted by molar-refractivity contribution is -0.145. The smallest absolute Gasteiger partial charge is 0.410 e. The Morgan fingerprint density at radius 3 is 1.64 bits per heavy atom. The third kappa shape index (κ3) is 14.4. The predicted octanol–water partition coefficient (Wildman–Crippen LogP) is 3.94. The fourth-order valence-corrected chi connectivity index (χ4v) is 7.93. The number of hydrogen-bond donors (Lipinski definition) is 5. The summed E-state index contributed by atoms with van der Waals surface area (Å²) in [6, 6.07) is 18.1. The number of hydrogen-bond acceptors (Lipinski definition) is 9. The van der Waals surface area contributed by atoms with E-state index in [-0.39, 0.29) is 43.6 Å². The Kier molecular flexibility index (Phi) is 19.0. The van der Waals surface area contributed by atoms with Gasteiger partial charge in [-0.3, -0.25) is 38.5 Å². The molecule has 0 spiro atoms. The molecule has 0 radical (unpaired) electrons. The first-order valence-electron chi connectivity index (χ1n) is 22.7. The van der Waals surface area contributed by atoms with Gasteiger partial charge in [0.25, 0.3) is 0 Å². The van der Waals surface area contributed by atoms with E-state index in [0.29, 0.717) is 0 Å². The number of ether oxygens (including phenoxy) is 1. The molecule has 17 nitrogen and oxygen atoms in total. The summed E-state index contributed by atoms with van der Waals surface area (Å²) in [5.74, 6) is -5.39.